The van der Waals surface area contributed by atoms with Crippen LogP contribution in [0, 0.1) is 0 Å². The topological polar surface area (TPSA) is 87.0 Å². The minimum atomic E-state index is 0.275. The zero-order valence-electron chi connectivity index (χ0n) is 14.6. The normalized spacial score (nSPS) is 16.4. The lowest BCUT2D eigenvalue weighted by Crippen LogP contribution is -2.42. The summed E-state index contributed by atoms with van der Waals surface area (Å²) >= 11 is 0. The molecule has 7 heteroatoms. The molecule has 25 heavy (non-hydrogen) atoms. The van der Waals surface area contributed by atoms with E-state index in [1.165, 1.54) is 0 Å². The molecule has 0 aliphatic carbocycles. The number of rotatable bonds is 3. The second-order valence-electron chi connectivity index (χ2n) is 6.69. The van der Waals surface area contributed by atoms with E-state index in [0.29, 0.717) is 6.04 Å². The van der Waals surface area contributed by atoms with Crippen molar-refractivity contribution in [3.8, 4) is 11.4 Å². The van der Waals surface area contributed by atoms with Crippen LogP contribution in [0.25, 0.3) is 22.4 Å². The van der Waals surface area contributed by atoms with Crippen molar-refractivity contribution in [3.05, 3.63) is 30.6 Å². The molecule has 0 bridgehead atoms. The molecule has 4 rings (SSSR count). The summed E-state index contributed by atoms with van der Waals surface area (Å²) < 4.78 is 0. The molecule has 0 atom stereocenters. The number of hydrogen-bond acceptors (Lipinski definition) is 6. The van der Waals surface area contributed by atoms with Gasteiger partial charge in [0.1, 0.15) is 5.65 Å². The molecule has 1 aliphatic rings. The van der Waals surface area contributed by atoms with Gasteiger partial charge in [-0.2, -0.15) is 0 Å². The summed E-state index contributed by atoms with van der Waals surface area (Å²) in [6, 6.07) is 6.45. The van der Waals surface area contributed by atoms with E-state index >= 15 is 0 Å². The Morgan fingerprint density at radius 2 is 2.00 bits per heavy atom. The fourth-order valence-corrected chi connectivity index (χ4v) is 3.64. The van der Waals surface area contributed by atoms with Gasteiger partial charge < -0.3 is 20.5 Å². The molecule has 0 saturated carbocycles. The molecule has 0 amide bonds. The molecule has 1 fully saturated rings. The molecular formula is C18H23N7. The molecule has 130 valence electrons. The lowest BCUT2D eigenvalue weighted by atomic mass is 10.0. The standard InChI is InChI=1S/C18H23N7/c1-24-10-6-12(7-11-24)25(2)16-13-4-3-8-20-17(13)23-15(16)14-5-9-21-18(19)22-14/h3-5,8-9,12H,6-7,10-11H2,1-2H3,(H,20,23)(H2,19,21,22). The zero-order chi connectivity index (χ0) is 17.4. The molecule has 3 N–H and O–H groups in total. The Kier molecular flexibility index (Phi) is 4.01. The van der Waals surface area contributed by atoms with Crippen LogP contribution in [0.15, 0.2) is 30.6 Å². The SMILES string of the molecule is CN1CCC(N(C)c2c(-c3ccnc(N)n3)[nH]c3ncccc23)CC1. The minimum absolute atomic E-state index is 0.275. The Balaban J connectivity index is 1.82. The Bertz CT molecular complexity index is 880. The lowest BCUT2D eigenvalue weighted by molar-refractivity contribution is 0.253. The van der Waals surface area contributed by atoms with Crippen molar-refractivity contribution >= 4 is 22.7 Å². The molecule has 3 aromatic rings. The maximum Gasteiger partial charge on any atom is 0.220 e. The molecule has 0 unspecified atom stereocenters. The van der Waals surface area contributed by atoms with Gasteiger partial charge in [-0.15, -0.1) is 0 Å². The van der Waals surface area contributed by atoms with Gasteiger partial charge in [-0.1, -0.05) is 0 Å². The van der Waals surface area contributed by atoms with Gasteiger partial charge in [0.05, 0.1) is 17.1 Å². The Labute approximate surface area is 146 Å². The van der Waals surface area contributed by atoms with Gasteiger partial charge in [0, 0.05) is 30.9 Å². The molecule has 0 spiro atoms. The molecule has 7 nitrogen and oxygen atoms in total. The minimum Gasteiger partial charge on any atom is -0.369 e. The van der Waals surface area contributed by atoms with Crippen molar-refractivity contribution in [2.24, 2.45) is 0 Å². The number of nitrogens with two attached hydrogens (primary N) is 1. The van der Waals surface area contributed by atoms with Crippen LogP contribution in [0.3, 0.4) is 0 Å². The smallest absolute Gasteiger partial charge is 0.220 e. The van der Waals surface area contributed by atoms with E-state index in [9.17, 15) is 0 Å². The van der Waals surface area contributed by atoms with Crippen molar-refractivity contribution in [1.82, 2.24) is 24.8 Å². The van der Waals surface area contributed by atoms with Crippen LogP contribution in [0.2, 0.25) is 0 Å². The first kappa shape index (κ1) is 15.8. The number of piperidine rings is 1. The number of hydrogen-bond donors (Lipinski definition) is 2. The highest BCUT2D eigenvalue weighted by molar-refractivity contribution is 5.99. The molecule has 3 aromatic heterocycles. The molecule has 1 saturated heterocycles. The van der Waals surface area contributed by atoms with E-state index in [2.05, 4.69) is 49.9 Å². The molecule has 4 heterocycles. The van der Waals surface area contributed by atoms with Crippen LogP contribution in [-0.2, 0) is 0 Å². The van der Waals surface area contributed by atoms with E-state index in [4.69, 9.17) is 5.73 Å². The lowest BCUT2D eigenvalue weighted by Gasteiger charge is -2.36. The summed E-state index contributed by atoms with van der Waals surface area (Å²) in [6.45, 7) is 2.23. The van der Waals surface area contributed by atoms with Crippen LogP contribution in [0.5, 0.6) is 0 Å². The number of anilines is 2. The van der Waals surface area contributed by atoms with Crippen LogP contribution < -0.4 is 10.6 Å². The highest BCUT2D eigenvalue weighted by Gasteiger charge is 2.26. The molecular weight excluding hydrogens is 314 g/mol. The predicted octanol–water partition coefficient (Wildman–Crippen LogP) is 2.13. The molecule has 0 radical (unpaired) electrons. The maximum absolute atomic E-state index is 5.80. The maximum atomic E-state index is 5.80. The second kappa shape index (κ2) is 6.33. The third-order valence-corrected chi connectivity index (χ3v) is 5.06. The summed E-state index contributed by atoms with van der Waals surface area (Å²) in [6.07, 6.45) is 5.78. The van der Waals surface area contributed by atoms with E-state index in [0.717, 1.165) is 54.0 Å². The van der Waals surface area contributed by atoms with E-state index in [1.807, 2.05) is 12.1 Å². The Morgan fingerprint density at radius 1 is 1.20 bits per heavy atom. The highest BCUT2D eigenvalue weighted by Crippen LogP contribution is 2.37. The quantitative estimate of drug-likeness (QED) is 0.761. The van der Waals surface area contributed by atoms with Crippen LogP contribution in [0.1, 0.15) is 12.8 Å². The number of nitrogen functional groups attached to an aromatic ring is 1. The number of fused-ring (bicyclic) bond motifs is 1. The van der Waals surface area contributed by atoms with E-state index in [-0.39, 0.29) is 5.95 Å². The van der Waals surface area contributed by atoms with Crippen molar-refractivity contribution < 1.29 is 0 Å². The zero-order valence-corrected chi connectivity index (χ0v) is 14.6. The first-order chi connectivity index (χ1) is 12.1. The van der Waals surface area contributed by atoms with E-state index < -0.39 is 0 Å². The van der Waals surface area contributed by atoms with Gasteiger partial charge >= 0.3 is 0 Å². The Morgan fingerprint density at radius 3 is 2.76 bits per heavy atom. The fraction of sp³-hybridized carbons (Fsp3) is 0.389. The average molecular weight is 337 g/mol. The number of aromatic nitrogens is 4. The third-order valence-electron chi connectivity index (χ3n) is 5.06. The summed E-state index contributed by atoms with van der Waals surface area (Å²) in [5.74, 6) is 0.275. The van der Waals surface area contributed by atoms with Crippen LogP contribution in [-0.4, -0.2) is 58.1 Å². The highest BCUT2D eigenvalue weighted by atomic mass is 15.2. The number of aromatic amines is 1. The van der Waals surface area contributed by atoms with Gasteiger partial charge in [-0.05, 0) is 51.2 Å². The first-order valence-electron chi connectivity index (χ1n) is 8.60. The van der Waals surface area contributed by atoms with Gasteiger partial charge in [0.2, 0.25) is 5.95 Å². The predicted molar refractivity (Wildman–Crippen MR) is 100 cm³/mol. The van der Waals surface area contributed by atoms with Crippen molar-refractivity contribution in [3.63, 3.8) is 0 Å². The number of nitrogens with zero attached hydrogens (tertiary/aromatic N) is 5. The van der Waals surface area contributed by atoms with Gasteiger partial charge in [-0.25, -0.2) is 15.0 Å². The fourth-order valence-electron chi connectivity index (χ4n) is 3.64. The molecule has 1 aliphatic heterocycles. The number of likely N-dealkylation sites (tertiary alicyclic amines) is 1. The van der Waals surface area contributed by atoms with Crippen LogP contribution in [0.4, 0.5) is 11.6 Å². The summed E-state index contributed by atoms with van der Waals surface area (Å²) in [5, 5.41) is 1.11. The number of pyridine rings is 1. The second-order valence-corrected chi connectivity index (χ2v) is 6.69. The summed E-state index contributed by atoms with van der Waals surface area (Å²) in [5.41, 5.74) is 9.54. The van der Waals surface area contributed by atoms with E-state index in [1.54, 1.807) is 12.4 Å². The summed E-state index contributed by atoms with van der Waals surface area (Å²) in [4.78, 5) is 21.1. The van der Waals surface area contributed by atoms with Crippen molar-refractivity contribution in [1.29, 1.82) is 0 Å². The molecule has 0 aromatic carbocycles. The van der Waals surface area contributed by atoms with Crippen molar-refractivity contribution in [2.45, 2.75) is 18.9 Å². The monoisotopic (exact) mass is 337 g/mol. The summed E-state index contributed by atoms with van der Waals surface area (Å²) in [7, 11) is 4.35. The Hall–Kier alpha value is -2.67. The van der Waals surface area contributed by atoms with Gasteiger partial charge in [0.15, 0.2) is 0 Å². The van der Waals surface area contributed by atoms with Gasteiger partial charge in [0.25, 0.3) is 0 Å². The largest absolute Gasteiger partial charge is 0.369 e. The number of H-pyrrole nitrogens is 1. The van der Waals surface area contributed by atoms with Gasteiger partial charge in [-0.3, -0.25) is 0 Å². The third kappa shape index (κ3) is 2.91. The number of nitrogens with one attached hydrogen (secondary N) is 1. The first-order valence-corrected chi connectivity index (χ1v) is 8.60. The van der Waals surface area contributed by atoms with Crippen molar-refractivity contribution in [2.75, 3.05) is 37.8 Å². The average Bonchev–Trinajstić information content (AvgIpc) is 3.01. The van der Waals surface area contributed by atoms with Crippen LogP contribution >= 0.6 is 0 Å².